The minimum absolute atomic E-state index is 0.150. The van der Waals surface area contributed by atoms with Gasteiger partial charge in [0.25, 0.3) is 5.91 Å². The van der Waals surface area contributed by atoms with Gasteiger partial charge in [0.1, 0.15) is 17.1 Å². The smallest absolute Gasteiger partial charge is 0.266 e. The Labute approximate surface area is 340 Å². The highest BCUT2D eigenvalue weighted by molar-refractivity contribution is 7.83. The van der Waals surface area contributed by atoms with Crippen molar-refractivity contribution in [2.75, 3.05) is 68.4 Å². The van der Waals surface area contributed by atoms with Crippen molar-refractivity contribution in [1.29, 1.82) is 0 Å². The molecule has 1 saturated carbocycles. The molecular weight excluding hydrogens is 753 g/mol. The Kier molecular flexibility index (Phi) is 11.0. The Morgan fingerprint density at radius 1 is 0.948 bits per heavy atom. The first-order valence-corrected chi connectivity index (χ1v) is 21.5. The van der Waals surface area contributed by atoms with Crippen LogP contribution in [0.2, 0.25) is 0 Å². The third-order valence-corrected chi connectivity index (χ3v) is 13.0. The van der Waals surface area contributed by atoms with Crippen molar-refractivity contribution in [2.24, 2.45) is 11.8 Å². The molecule has 3 aromatic carbocycles. The number of pyridine rings is 1. The summed E-state index contributed by atoms with van der Waals surface area (Å²) in [6.45, 7) is 7.06. The van der Waals surface area contributed by atoms with Gasteiger partial charge >= 0.3 is 0 Å². The summed E-state index contributed by atoms with van der Waals surface area (Å²) in [5.74, 6) is 1.26. The monoisotopic (exact) mass is 802 g/mol. The van der Waals surface area contributed by atoms with Gasteiger partial charge in [0.05, 0.1) is 28.0 Å². The van der Waals surface area contributed by atoms with Crippen molar-refractivity contribution in [3.8, 4) is 11.5 Å². The lowest BCUT2D eigenvalue weighted by molar-refractivity contribution is -0.136. The molecule has 5 heterocycles. The van der Waals surface area contributed by atoms with Crippen LogP contribution in [0.5, 0.6) is 11.5 Å². The zero-order valence-electron chi connectivity index (χ0n) is 32.5. The number of fused-ring (bicyclic) bond motifs is 2. The zero-order chi connectivity index (χ0) is 39.6. The largest absolute Gasteiger partial charge is 0.455 e. The molecule has 4 aliphatic rings. The summed E-state index contributed by atoms with van der Waals surface area (Å²) in [5, 5.41) is 4.29. The molecule has 1 unspecified atom stereocenters. The minimum atomic E-state index is -1.88. The quantitative estimate of drug-likeness (QED) is 0.115. The number of carbonyl (C=O) groups excluding carboxylic acids is 2. The van der Waals surface area contributed by atoms with E-state index in [0.717, 1.165) is 107 Å². The fraction of sp³-hybridized carbons (Fsp3) is 0.386. The van der Waals surface area contributed by atoms with Crippen LogP contribution in [-0.4, -0.2) is 94.3 Å². The zero-order valence-corrected chi connectivity index (χ0v) is 33.3. The summed E-state index contributed by atoms with van der Waals surface area (Å²) in [4.78, 5) is 42.1. The second-order valence-electron chi connectivity index (χ2n) is 15.9. The molecule has 5 aromatic rings. The van der Waals surface area contributed by atoms with Gasteiger partial charge in [-0.15, -0.1) is 0 Å². The van der Waals surface area contributed by atoms with E-state index in [1.807, 2.05) is 30.5 Å². The van der Waals surface area contributed by atoms with Crippen LogP contribution in [0.1, 0.15) is 47.2 Å². The number of benzene rings is 3. The van der Waals surface area contributed by atoms with Gasteiger partial charge in [0.15, 0.2) is 11.0 Å². The number of H-pyrrole nitrogens is 1. The van der Waals surface area contributed by atoms with E-state index in [2.05, 4.69) is 59.0 Å². The number of aromatic nitrogens is 2. The van der Waals surface area contributed by atoms with Crippen LogP contribution < -0.4 is 25.4 Å². The van der Waals surface area contributed by atoms with E-state index in [-0.39, 0.29) is 17.5 Å². The molecule has 0 radical (unpaired) electrons. The number of aromatic amines is 1. The van der Waals surface area contributed by atoms with Crippen LogP contribution in [0.3, 0.4) is 0 Å². The lowest BCUT2D eigenvalue weighted by Crippen LogP contribution is -2.54. The number of nitrogens with two attached hydrogens (primary N) is 1. The summed E-state index contributed by atoms with van der Waals surface area (Å²) < 4.78 is 28.1. The van der Waals surface area contributed by atoms with Crippen LogP contribution in [-0.2, 0) is 33.5 Å². The van der Waals surface area contributed by atoms with Crippen molar-refractivity contribution >= 4 is 50.9 Å². The number of ether oxygens (including phenoxy) is 2. The Bertz CT molecular complexity index is 2320. The Morgan fingerprint density at radius 3 is 2.55 bits per heavy atom. The highest BCUT2D eigenvalue weighted by Gasteiger charge is 2.39. The first-order valence-electron chi connectivity index (χ1n) is 20.4. The molecule has 13 nitrogen and oxygen atoms in total. The molecule has 2 amide bonds. The Morgan fingerprint density at radius 2 is 1.76 bits per heavy atom. The Balaban J connectivity index is 0.885. The number of nitrogens with one attached hydrogen (secondary N) is 3. The summed E-state index contributed by atoms with van der Waals surface area (Å²) in [6.07, 6.45) is 8.31. The van der Waals surface area contributed by atoms with Crippen molar-refractivity contribution in [2.45, 2.75) is 49.6 Å². The Hall–Kier alpha value is -5.44. The highest BCUT2D eigenvalue weighted by atomic mass is 32.2. The normalized spacial score (nSPS) is 19.4. The first kappa shape index (κ1) is 38.1. The molecule has 2 atom stereocenters. The lowest BCUT2D eigenvalue weighted by atomic mass is 9.93. The molecular formula is C44H50N8O5S. The van der Waals surface area contributed by atoms with Crippen molar-refractivity contribution in [3.63, 3.8) is 0 Å². The molecule has 58 heavy (non-hydrogen) atoms. The molecule has 0 bridgehead atoms. The van der Waals surface area contributed by atoms with Gasteiger partial charge in [-0.05, 0) is 91.6 Å². The SMILES string of the molecule is Nc1cc(S(=O)NC(=O)c2ccc(N3CCN(C[C@@H]4Cc5ccccc5CN4C(=O)C4CC4)CC3)cc2Oc2cnc3[nH]ccc3c2)ccc1NCC1CCOCC1. The second-order valence-corrected chi connectivity index (χ2v) is 17.1. The van der Waals surface area contributed by atoms with Gasteiger partial charge in [-0.3, -0.25) is 19.2 Å². The summed E-state index contributed by atoms with van der Waals surface area (Å²) in [5.41, 5.74) is 12.1. The van der Waals surface area contributed by atoms with E-state index in [1.165, 1.54) is 11.1 Å². The van der Waals surface area contributed by atoms with E-state index in [4.69, 9.17) is 15.2 Å². The lowest BCUT2D eigenvalue weighted by Gasteiger charge is -2.42. The number of hydrogen-bond donors (Lipinski definition) is 4. The standard InChI is InChI=1S/C44H50N8O5S/c45-39-24-37(8-10-40(39)47-25-29-12-19-56-20-13-29)58(55)49-43(53)38-9-7-34(23-41(38)57-36-22-32-11-14-46-42(32)48-26-36)51-17-15-50(16-18-51)28-35-21-31-3-1-2-4-33(31)27-52(35)44(54)30-5-6-30/h1-4,7-11,14,22-24,26,29-30,35,47H,5-6,12-13,15-21,25,27-28,45H2,(H,46,48)(H,49,53)/t35-,58?/m0/s1. The molecule has 1 aliphatic carbocycles. The van der Waals surface area contributed by atoms with Gasteiger partial charge in [-0.2, -0.15) is 0 Å². The summed E-state index contributed by atoms with van der Waals surface area (Å²) in [7, 11) is -1.88. The predicted octanol–water partition coefficient (Wildman–Crippen LogP) is 5.71. The molecule has 14 heteroatoms. The number of nitrogens with zero attached hydrogens (tertiary/aromatic N) is 4. The second kappa shape index (κ2) is 16.8. The molecule has 302 valence electrons. The first-order chi connectivity index (χ1) is 28.3. The van der Waals surface area contributed by atoms with Gasteiger partial charge in [0, 0.05) is 94.3 Å². The average molecular weight is 803 g/mol. The van der Waals surface area contributed by atoms with E-state index in [0.29, 0.717) is 40.5 Å². The fourth-order valence-corrected chi connectivity index (χ4v) is 9.18. The van der Waals surface area contributed by atoms with Crippen LogP contribution in [0, 0.1) is 11.8 Å². The summed E-state index contributed by atoms with van der Waals surface area (Å²) in [6, 6.07) is 23.1. The maximum absolute atomic E-state index is 13.9. The number of nitrogen functional groups attached to an aromatic ring is 1. The average Bonchev–Trinajstić information content (AvgIpc) is 4.00. The topological polar surface area (TPSA) is 158 Å². The van der Waals surface area contributed by atoms with E-state index in [9.17, 15) is 13.8 Å². The fourth-order valence-electron chi connectivity index (χ4n) is 8.36. The van der Waals surface area contributed by atoms with Crippen molar-refractivity contribution in [1.82, 2.24) is 24.5 Å². The van der Waals surface area contributed by atoms with E-state index in [1.54, 1.807) is 30.5 Å². The van der Waals surface area contributed by atoms with Crippen molar-refractivity contribution in [3.05, 3.63) is 102 Å². The number of carbonyl (C=O) groups is 2. The van der Waals surface area contributed by atoms with Crippen LogP contribution in [0.15, 0.2) is 90.1 Å². The molecule has 2 aromatic heterocycles. The third kappa shape index (κ3) is 8.54. The number of anilines is 3. The van der Waals surface area contributed by atoms with Crippen molar-refractivity contribution < 1.29 is 23.3 Å². The van der Waals surface area contributed by atoms with E-state index >= 15 is 0 Å². The van der Waals surface area contributed by atoms with Crippen LogP contribution in [0.4, 0.5) is 17.1 Å². The number of rotatable bonds is 12. The number of piperazine rings is 1. The maximum atomic E-state index is 13.9. The number of hydrogen-bond acceptors (Lipinski definition) is 10. The highest BCUT2D eigenvalue weighted by Crippen LogP contribution is 2.36. The van der Waals surface area contributed by atoms with Crippen LogP contribution >= 0.6 is 0 Å². The molecule has 5 N–H and O–H groups in total. The predicted molar refractivity (Wildman–Crippen MR) is 225 cm³/mol. The minimum Gasteiger partial charge on any atom is -0.455 e. The van der Waals surface area contributed by atoms with Gasteiger partial charge in [0.2, 0.25) is 5.91 Å². The molecule has 9 rings (SSSR count). The molecule has 2 saturated heterocycles. The molecule has 0 spiro atoms. The molecule has 3 aliphatic heterocycles. The maximum Gasteiger partial charge on any atom is 0.266 e. The van der Waals surface area contributed by atoms with Gasteiger partial charge in [-0.25, -0.2) is 9.19 Å². The third-order valence-electron chi connectivity index (χ3n) is 11.9. The van der Waals surface area contributed by atoms with E-state index < -0.39 is 16.9 Å². The molecule has 3 fully saturated rings. The van der Waals surface area contributed by atoms with Crippen LogP contribution in [0.25, 0.3) is 11.0 Å². The number of amides is 2. The summed E-state index contributed by atoms with van der Waals surface area (Å²) >= 11 is 0. The van der Waals surface area contributed by atoms with Gasteiger partial charge < -0.3 is 35.3 Å². The van der Waals surface area contributed by atoms with Gasteiger partial charge in [-0.1, -0.05) is 24.3 Å².